The number of nitrogens with one attached hydrogen (secondary N) is 1. The summed E-state index contributed by atoms with van der Waals surface area (Å²) in [5.74, 6) is 0. The second-order valence-corrected chi connectivity index (χ2v) is 9.27. The molecule has 1 aliphatic heterocycles. The molecule has 0 aliphatic carbocycles. The molecular formula is C25H20N6S2. The lowest BCUT2D eigenvalue weighted by Crippen LogP contribution is -2.30. The molecule has 4 aromatic heterocycles. The van der Waals surface area contributed by atoms with Crippen LogP contribution in [0.25, 0.3) is 15.3 Å². The Balaban J connectivity index is 1.46. The maximum Gasteiger partial charge on any atom is 0.194 e. The topological polar surface area (TPSA) is 58.9 Å². The fraction of sp³-hybridized carbons (Fsp3) is 0.120. The highest BCUT2D eigenvalue weighted by molar-refractivity contribution is 7.80. The quantitative estimate of drug-likeness (QED) is 0.364. The molecule has 5 aromatic rings. The van der Waals surface area contributed by atoms with Gasteiger partial charge in [0.2, 0.25) is 0 Å². The summed E-state index contributed by atoms with van der Waals surface area (Å²) in [6.45, 7) is 0.674. The molecule has 2 atom stereocenters. The van der Waals surface area contributed by atoms with E-state index in [9.17, 15) is 0 Å². The van der Waals surface area contributed by atoms with Crippen molar-refractivity contribution in [3.63, 3.8) is 0 Å². The van der Waals surface area contributed by atoms with Crippen molar-refractivity contribution in [2.75, 3.05) is 0 Å². The summed E-state index contributed by atoms with van der Waals surface area (Å²) in [5.41, 5.74) is 4.23. The van der Waals surface area contributed by atoms with E-state index in [2.05, 4.69) is 55.2 Å². The second kappa shape index (κ2) is 8.38. The average Bonchev–Trinajstić information content (AvgIpc) is 3.57. The van der Waals surface area contributed by atoms with Crippen LogP contribution in [0.2, 0.25) is 0 Å². The molecule has 0 bridgehead atoms. The molecule has 1 saturated heterocycles. The van der Waals surface area contributed by atoms with Crippen molar-refractivity contribution in [1.29, 1.82) is 0 Å². The van der Waals surface area contributed by atoms with Crippen LogP contribution in [-0.2, 0) is 6.54 Å². The molecule has 6 nitrogen and oxygen atoms in total. The molecular weight excluding hydrogens is 448 g/mol. The molecule has 162 valence electrons. The van der Waals surface area contributed by atoms with E-state index >= 15 is 0 Å². The van der Waals surface area contributed by atoms with Crippen LogP contribution in [0.3, 0.4) is 0 Å². The van der Waals surface area contributed by atoms with Gasteiger partial charge in [-0.25, -0.2) is 4.98 Å². The zero-order chi connectivity index (χ0) is 22.2. The third-order valence-electron chi connectivity index (χ3n) is 5.87. The van der Waals surface area contributed by atoms with Crippen molar-refractivity contribution in [1.82, 2.24) is 29.7 Å². The molecule has 0 amide bonds. The Morgan fingerprint density at radius 3 is 2.61 bits per heavy atom. The molecule has 8 heteroatoms. The molecule has 0 spiro atoms. The number of para-hydroxylation sites is 1. The lowest BCUT2D eigenvalue weighted by molar-refractivity contribution is 0.302. The predicted molar refractivity (Wildman–Crippen MR) is 134 cm³/mol. The van der Waals surface area contributed by atoms with Gasteiger partial charge >= 0.3 is 0 Å². The highest BCUT2D eigenvalue weighted by atomic mass is 32.1. The van der Waals surface area contributed by atoms with Crippen LogP contribution in [0.5, 0.6) is 0 Å². The van der Waals surface area contributed by atoms with Gasteiger partial charge in [-0.05, 0) is 66.3 Å². The van der Waals surface area contributed by atoms with Gasteiger partial charge in [0.1, 0.15) is 0 Å². The Hall–Kier alpha value is -3.62. The van der Waals surface area contributed by atoms with Crippen LogP contribution in [0.4, 0.5) is 0 Å². The van der Waals surface area contributed by atoms with E-state index in [1.54, 1.807) is 11.3 Å². The Kier molecular flexibility index (Phi) is 5.09. The van der Waals surface area contributed by atoms with Gasteiger partial charge in [-0.2, -0.15) is 0 Å². The first-order valence-electron chi connectivity index (χ1n) is 10.7. The van der Waals surface area contributed by atoms with Crippen molar-refractivity contribution >= 4 is 38.9 Å². The van der Waals surface area contributed by atoms with Gasteiger partial charge in [0, 0.05) is 31.3 Å². The summed E-state index contributed by atoms with van der Waals surface area (Å²) in [6.07, 6.45) is 7.54. The number of thiazole rings is 1. The summed E-state index contributed by atoms with van der Waals surface area (Å²) in [6, 6.07) is 22.4. The standard InChI is InChI=1S/C25H20N6S2/c32-24-29-22(19-7-3-4-12-27-19)23(31(24)16-17-10-13-26-14-11-17)20-8-5-15-30(20)25-28-18-6-1-2-9-21(18)33-25/h1-15,22-23H,16H2,(H,29,32)/t22-,23-/m1/s1. The minimum atomic E-state index is -0.0800. The second-order valence-electron chi connectivity index (χ2n) is 7.88. The Morgan fingerprint density at radius 2 is 1.79 bits per heavy atom. The Bertz CT molecular complexity index is 1380. The lowest BCUT2D eigenvalue weighted by atomic mass is 10.0. The van der Waals surface area contributed by atoms with Gasteiger partial charge < -0.3 is 10.2 Å². The molecule has 5 heterocycles. The first kappa shape index (κ1) is 20.0. The number of aromatic nitrogens is 4. The summed E-state index contributed by atoms with van der Waals surface area (Å²) < 4.78 is 3.35. The molecule has 0 unspecified atom stereocenters. The van der Waals surface area contributed by atoms with Crippen LogP contribution in [0, 0.1) is 0 Å². The van der Waals surface area contributed by atoms with Crippen LogP contribution in [0.15, 0.2) is 91.5 Å². The van der Waals surface area contributed by atoms with E-state index in [1.807, 2.05) is 61.1 Å². The average molecular weight is 469 g/mol. The van der Waals surface area contributed by atoms with Crippen molar-refractivity contribution < 1.29 is 0 Å². The van der Waals surface area contributed by atoms with E-state index in [0.29, 0.717) is 11.7 Å². The Labute approximate surface area is 200 Å². The fourth-order valence-electron chi connectivity index (χ4n) is 4.35. The van der Waals surface area contributed by atoms with Gasteiger partial charge in [-0.1, -0.05) is 29.5 Å². The van der Waals surface area contributed by atoms with Crippen LogP contribution >= 0.6 is 23.6 Å². The number of nitrogens with zero attached hydrogens (tertiary/aromatic N) is 5. The normalized spacial score (nSPS) is 18.1. The van der Waals surface area contributed by atoms with E-state index < -0.39 is 0 Å². The van der Waals surface area contributed by atoms with Crippen molar-refractivity contribution in [2.45, 2.75) is 18.6 Å². The smallest absolute Gasteiger partial charge is 0.194 e. The van der Waals surface area contributed by atoms with Gasteiger partial charge in [0.05, 0.1) is 33.7 Å². The summed E-state index contributed by atoms with van der Waals surface area (Å²) in [5, 5.41) is 5.19. The highest BCUT2D eigenvalue weighted by Gasteiger charge is 2.41. The zero-order valence-electron chi connectivity index (χ0n) is 17.6. The van der Waals surface area contributed by atoms with E-state index in [1.165, 1.54) is 4.70 Å². The number of rotatable bonds is 5. The van der Waals surface area contributed by atoms with E-state index in [-0.39, 0.29) is 12.1 Å². The number of thiocarbonyl (C=S) groups is 1. The Morgan fingerprint density at radius 1 is 0.939 bits per heavy atom. The lowest BCUT2D eigenvalue weighted by Gasteiger charge is -2.28. The summed E-state index contributed by atoms with van der Waals surface area (Å²) in [7, 11) is 0. The first-order valence-corrected chi connectivity index (χ1v) is 11.9. The molecule has 0 saturated carbocycles. The predicted octanol–water partition coefficient (Wildman–Crippen LogP) is 5.05. The third-order valence-corrected chi connectivity index (χ3v) is 7.26. The number of hydrogen-bond acceptors (Lipinski definition) is 5. The molecule has 1 aromatic carbocycles. The molecule has 0 radical (unpaired) electrons. The maximum atomic E-state index is 5.83. The maximum absolute atomic E-state index is 5.83. The zero-order valence-corrected chi connectivity index (χ0v) is 19.2. The molecule has 6 rings (SSSR count). The van der Waals surface area contributed by atoms with E-state index in [0.717, 1.165) is 27.6 Å². The number of benzene rings is 1. The van der Waals surface area contributed by atoms with Crippen molar-refractivity contribution in [3.05, 3.63) is 108 Å². The number of pyridine rings is 2. The number of fused-ring (bicyclic) bond motifs is 1. The van der Waals surface area contributed by atoms with Crippen LogP contribution < -0.4 is 5.32 Å². The van der Waals surface area contributed by atoms with Crippen LogP contribution in [-0.4, -0.2) is 29.5 Å². The summed E-state index contributed by atoms with van der Waals surface area (Å²) in [4.78, 5) is 15.9. The largest absolute Gasteiger partial charge is 0.352 e. The summed E-state index contributed by atoms with van der Waals surface area (Å²) >= 11 is 7.52. The van der Waals surface area contributed by atoms with Gasteiger partial charge in [-0.3, -0.25) is 14.5 Å². The van der Waals surface area contributed by atoms with Gasteiger partial charge in [0.15, 0.2) is 10.2 Å². The fourth-order valence-corrected chi connectivity index (χ4v) is 5.63. The monoisotopic (exact) mass is 468 g/mol. The minimum absolute atomic E-state index is 0.0532. The first-order chi connectivity index (χ1) is 16.3. The number of hydrogen-bond donors (Lipinski definition) is 1. The SMILES string of the molecule is S=C1N[C@H](c2ccccn2)[C@@H](c2cccn2-c2nc3ccccc3s2)N1Cc1ccncc1. The van der Waals surface area contributed by atoms with E-state index in [4.69, 9.17) is 17.2 Å². The molecule has 1 fully saturated rings. The van der Waals surface area contributed by atoms with Gasteiger partial charge in [0.25, 0.3) is 0 Å². The van der Waals surface area contributed by atoms with Crippen molar-refractivity contribution in [3.8, 4) is 5.13 Å². The molecule has 33 heavy (non-hydrogen) atoms. The van der Waals surface area contributed by atoms with Gasteiger partial charge in [-0.15, -0.1) is 0 Å². The third kappa shape index (κ3) is 3.67. The van der Waals surface area contributed by atoms with Crippen LogP contribution in [0.1, 0.15) is 29.0 Å². The molecule has 1 aliphatic rings. The minimum Gasteiger partial charge on any atom is -0.352 e. The van der Waals surface area contributed by atoms with Crippen molar-refractivity contribution in [2.24, 2.45) is 0 Å². The molecule has 1 N–H and O–H groups in total. The highest BCUT2D eigenvalue weighted by Crippen LogP contribution is 2.41.